The smallest absolute Gasteiger partial charge is 0.220 e. The Hall–Kier alpha value is -2.14. The van der Waals surface area contributed by atoms with Crippen LogP contribution in [0.5, 0.6) is 0 Å². The van der Waals surface area contributed by atoms with E-state index in [1.54, 1.807) is 0 Å². The highest BCUT2D eigenvalue weighted by molar-refractivity contribution is 5.77. The molecule has 1 fully saturated rings. The maximum absolute atomic E-state index is 12.4. The first kappa shape index (κ1) is 20.1. The summed E-state index contributed by atoms with van der Waals surface area (Å²) >= 11 is 0. The number of aromatic nitrogens is 1. The molecule has 2 heterocycles. The predicted octanol–water partition coefficient (Wildman–Crippen LogP) is 4.23. The van der Waals surface area contributed by atoms with E-state index in [4.69, 9.17) is 4.52 Å². The van der Waals surface area contributed by atoms with Crippen molar-refractivity contribution in [2.75, 3.05) is 13.1 Å². The normalized spacial score (nSPS) is 20.9. The van der Waals surface area contributed by atoms with E-state index in [9.17, 15) is 4.79 Å². The van der Waals surface area contributed by atoms with Gasteiger partial charge in [0.2, 0.25) is 5.91 Å². The van der Waals surface area contributed by atoms with Gasteiger partial charge in [-0.05, 0) is 82.5 Å². The zero-order valence-corrected chi connectivity index (χ0v) is 18.1. The molecule has 5 nitrogen and oxygen atoms in total. The number of carbonyl (C=O) groups excluding carboxylic acids is 1. The molecule has 0 saturated carbocycles. The summed E-state index contributed by atoms with van der Waals surface area (Å²) in [5.74, 6) is 1.44. The molecule has 1 atom stereocenters. The second kappa shape index (κ2) is 7.94. The zero-order valence-electron chi connectivity index (χ0n) is 18.1. The SMILES string of the molecule is Cc1noc(C)c1CN1CCC2(CC1)C[C@H](CC(=O)NC(C)C)c1ccccc12. The molecular weight excluding hydrogens is 362 g/mol. The number of benzene rings is 1. The minimum atomic E-state index is 0.174. The highest BCUT2D eigenvalue weighted by atomic mass is 16.5. The number of carbonyl (C=O) groups is 1. The van der Waals surface area contributed by atoms with Crippen molar-refractivity contribution >= 4 is 5.91 Å². The van der Waals surface area contributed by atoms with Gasteiger partial charge in [-0.1, -0.05) is 29.4 Å². The summed E-state index contributed by atoms with van der Waals surface area (Å²) in [7, 11) is 0. The van der Waals surface area contributed by atoms with E-state index < -0.39 is 0 Å². The molecule has 1 amide bonds. The monoisotopic (exact) mass is 395 g/mol. The molecule has 1 aromatic carbocycles. The molecule has 1 N–H and O–H groups in total. The van der Waals surface area contributed by atoms with Crippen LogP contribution >= 0.6 is 0 Å². The lowest BCUT2D eigenvalue weighted by Crippen LogP contribution is -2.41. The zero-order chi connectivity index (χ0) is 20.6. The Kier molecular flexibility index (Phi) is 5.52. The van der Waals surface area contributed by atoms with Crippen LogP contribution in [0, 0.1) is 13.8 Å². The number of rotatable bonds is 5. The van der Waals surface area contributed by atoms with Crippen LogP contribution in [0.3, 0.4) is 0 Å². The number of amides is 1. The van der Waals surface area contributed by atoms with Crippen molar-refractivity contribution in [1.82, 2.24) is 15.4 Å². The quantitative estimate of drug-likeness (QED) is 0.823. The lowest BCUT2D eigenvalue weighted by atomic mass is 9.73. The van der Waals surface area contributed by atoms with Crippen molar-refractivity contribution in [2.24, 2.45) is 0 Å². The highest BCUT2D eigenvalue weighted by Crippen LogP contribution is 2.52. The van der Waals surface area contributed by atoms with E-state index >= 15 is 0 Å². The van der Waals surface area contributed by atoms with Gasteiger partial charge in [-0.25, -0.2) is 0 Å². The van der Waals surface area contributed by atoms with Gasteiger partial charge in [-0.15, -0.1) is 0 Å². The van der Waals surface area contributed by atoms with Gasteiger partial charge >= 0.3 is 0 Å². The van der Waals surface area contributed by atoms with E-state index in [-0.39, 0.29) is 17.4 Å². The van der Waals surface area contributed by atoms with E-state index in [1.165, 1.54) is 16.7 Å². The second-order valence-corrected chi connectivity index (χ2v) is 9.27. The van der Waals surface area contributed by atoms with Gasteiger partial charge in [0.25, 0.3) is 0 Å². The molecule has 4 rings (SSSR count). The first-order valence-corrected chi connectivity index (χ1v) is 10.9. The fraction of sp³-hybridized carbons (Fsp3) is 0.583. The molecule has 1 aliphatic heterocycles. The number of likely N-dealkylation sites (tertiary alicyclic amines) is 1. The van der Waals surface area contributed by atoms with Crippen molar-refractivity contribution in [3.05, 3.63) is 52.4 Å². The third-order valence-corrected chi connectivity index (χ3v) is 6.87. The molecule has 1 spiro atoms. The average molecular weight is 396 g/mol. The van der Waals surface area contributed by atoms with E-state index in [1.807, 2.05) is 27.7 Å². The first-order chi connectivity index (χ1) is 13.9. The summed E-state index contributed by atoms with van der Waals surface area (Å²) in [4.78, 5) is 15.0. The molecule has 0 bridgehead atoms. The van der Waals surface area contributed by atoms with Gasteiger partial charge in [-0.3, -0.25) is 9.69 Å². The third-order valence-electron chi connectivity index (χ3n) is 6.87. The molecule has 29 heavy (non-hydrogen) atoms. The molecule has 2 aliphatic rings. The third kappa shape index (κ3) is 3.97. The summed E-state index contributed by atoms with van der Waals surface area (Å²) < 4.78 is 5.34. The summed E-state index contributed by atoms with van der Waals surface area (Å²) in [5, 5.41) is 7.17. The van der Waals surface area contributed by atoms with Crippen LogP contribution in [-0.2, 0) is 16.8 Å². The first-order valence-electron chi connectivity index (χ1n) is 10.9. The van der Waals surface area contributed by atoms with E-state index in [0.29, 0.717) is 12.3 Å². The van der Waals surface area contributed by atoms with Gasteiger partial charge in [0.1, 0.15) is 5.76 Å². The maximum atomic E-state index is 12.4. The second-order valence-electron chi connectivity index (χ2n) is 9.27. The standard InChI is InChI=1S/C24H33N3O2/c1-16(2)25-23(28)13-19-14-24(22-8-6-5-7-20(19)22)9-11-27(12-10-24)15-21-17(3)26-29-18(21)4/h5-8,16,19H,9-15H2,1-4H3,(H,25,28)/t19-/m0/s1. The Balaban J connectivity index is 1.47. The van der Waals surface area contributed by atoms with E-state index in [2.05, 4.69) is 39.6 Å². The maximum Gasteiger partial charge on any atom is 0.220 e. The number of fused-ring (bicyclic) bond motifs is 2. The minimum Gasteiger partial charge on any atom is -0.361 e. The summed E-state index contributed by atoms with van der Waals surface area (Å²) in [6, 6.07) is 9.03. The summed E-state index contributed by atoms with van der Waals surface area (Å²) in [6.07, 6.45) is 3.99. The van der Waals surface area contributed by atoms with Crippen LogP contribution in [0.25, 0.3) is 0 Å². The molecule has 5 heteroatoms. The Labute approximate surface area is 173 Å². The average Bonchev–Trinajstić information content (AvgIpc) is 3.15. The van der Waals surface area contributed by atoms with Crippen LogP contribution in [-0.4, -0.2) is 35.1 Å². The fourth-order valence-corrected chi connectivity index (χ4v) is 5.38. The summed E-state index contributed by atoms with van der Waals surface area (Å²) in [6.45, 7) is 11.1. The van der Waals surface area contributed by atoms with Crippen LogP contribution in [0.15, 0.2) is 28.8 Å². The molecule has 1 aromatic heterocycles. The van der Waals surface area contributed by atoms with Crippen molar-refractivity contribution in [3.63, 3.8) is 0 Å². The van der Waals surface area contributed by atoms with Crippen LogP contribution in [0.2, 0.25) is 0 Å². The van der Waals surface area contributed by atoms with Crippen LogP contribution in [0.1, 0.15) is 73.6 Å². The van der Waals surface area contributed by atoms with Crippen molar-refractivity contribution < 1.29 is 9.32 Å². The number of nitrogens with one attached hydrogen (secondary N) is 1. The number of aryl methyl sites for hydroxylation is 2. The van der Waals surface area contributed by atoms with Gasteiger partial charge in [0.15, 0.2) is 0 Å². The van der Waals surface area contributed by atoms with Gasteiger partial charge in [-0.2, -0.15) is 0 Å². The molecule has 1 saturated heterocycles. The summed E-state index contributed by atoms with van der Waals surface area (Å²) in [5.41, 5.74) is 5.33. The lowest BCUT2D eigenvalue weighted by Gasteiger charge is -2.40. The van der Waals surface area contributed by atoms with Gasteiger partial charge in [0.05, 0.1) is 5.69 Å². The molecule has 156 valence electrons. The number of nitrogens with zero attached hydrogens (tertiary/aromatic N) is 2. The molecule has 0 unspecified atom stereocenters. The topological polar surface area (TPSA) is 58.4 Å². The molecular formula is C24H33N3O2. The van der Waals surface area contributed by atoms with Crippen molar-refractivity contribution in [1.29, 1.82) is 0 Å². The number of hydrogen-bond acceptors (Lipinski definition) is 4. The Morgan fingerprint density at radius 2 is 2.00 bits per heavy atom. The predicted molar refractivity (Wildman–Crippen MR) is 114 cm³/mol. The van der Waals surface area contributed by atoms with Crippen LogP contribution in [0.4, 0.5) is 0 Å². The highest BCUT2D eigenvalue weighted by Gasteiger charge is 2.45. The van der Waals surface area contributed by atoms with Crippen molar-refractivity contribution in [3.8, 4) is 0 Å². The molecule has 2 aromatic rings. The number of hydrogen-bond donors (Lipinski definition) is 1. The van der Waals surface area contributed by atoms with Crippen LogP contribution < -0.4 is 5.32 Å². The van der Waals surface area contributed by atoms with Gasteiger partial charge < -0.3 is 9.84 Å². The molecule has 1 aliphatic carbocycles. The Bertz CT molecular complexity index is 859. The van der Waals surface area contributed by atoms with E-state index in [0.717, 1.165) is 50.4 Å². The molecule has 0 radical (unpaired) electrons. The van der Waals surface area contributed by atoms with Gasteiger partial charge in [0, 0.05) is 24.6 Å². The minimum absolute atomic E-state index is 0.174. The number of piperidine rings is 1. The Morgan fingerprint density at radius 3 is 2.66 bits per heavy atom. The largest absolute Gasteiger partial charge is 0.361 e. The van der Waals surface area contributed by atoms with Crippen molar-refractivity contribution in [2.45, 2.75) is 77.3 Å². The lowest BCUT2D eigenvalue weighted by molar-refractivity contribution is -0.122. The fourth-order valence-electron chi connectivity index (χ4n) is 5.38. The Morgan fingerprint density at radius 1 is 1.28 bits per heavy atom.